The van der Waals surface area contributed by atoms with Crippen LogP contribution in [0, 0.1) is 23.7 Å². The van der Waals surface area contributed by atoms with Gasteiger partial charge in [0.1, 0.15) is 11.3 Å². The molecule has 3 aliphatic rings. The van der Waals surface area contributed by atoms with Gasteiger partial charge in [0.15, 0.2) is 5.82 Å². The number of nitrogens with two attached hydrogens (primary N) is 1. The van der Waals surface area contributed by atoms with Gasteiger partial charge in [-0.25, -0.2) is 4.98 Å². The molecular formula is C38H38N6O3. The molecule has 238 valence electrons. The predicted molar refractivity (Wildman–Crippen MR) is 184 cm³/mol. The van der Waals surface area contributed by atoms with Crippen molar-refractivity contribution in [1.29, 1.82) is 0 Å². The molecule has 5 aromatic rings. The Morgan fingerprint density at radius 2 is 1.81 bits per heavy atom. The highest BCUT2D eigenvalue weighted by Crippen LogP contribution is 2.41. The van der Waals surface area contributed by atoms with E-state index in [2.05, 4.69) is 50.6 Å². The largest absolute Gasteiger partial charge is 0.494 e. The second-order valence-electron chi connectivity index (χ2n) is 13.2. The Morgan fingerprint density at radius 1 is 1.02 bits per heavy atom. The fourth-order valence-electron chi connectivity index (χ4n) is 7.66. The van der Waals surface area contributed by atoms with E-state index in [9.17, 15) is 9.59 Å². The Kier molecular flexibility index (Phi) is 7.07. The van der Waals surface area contributed by atoms with Gasteiger partial charge in [0.25, 0.3) is 11.8 Å². The molecule has 3 atom stereocenters. The molecular weight excluding hydrogens is 588 g/mol. The van der Waals surface area contributed by atoms with Gasteiger partial charge in [0.2, 0.25) is 0 Å². The number of hydrogen-bond acceptors (Lipinski definition) is 5. The lowest BCUT2D eigenvalue weighted by molar-refractivity contribution is -0.111. The first kappa shape index (κ1) is 29.3. The number of anilines is 1. The molecule has 8 rings (SSSR count). The monoisotopic (exact) mass is 626 g/mol. The van der Waals surface area contributed by atoms with Crippen molar-refractivity contribution in [3.63, 3.8) is 0 Å². The molecule has 9 heteroatoms. The van der Waals surface area contributed by atoms with Crippen molar-refractivity contribution in [3.05, 3.63) is 66.2 Å². The van der Waals surface area contributed by atoms with E-state index in [1.165, 1.54) is 12.8 Å². The lowest BCUT2D eigenvalue weighted by atomic mass is 10.0. The van der Waals surface area contributed by atoms with Crippen LogP contribution in [0.4, 0.5) is 5.69 Å². The van der Waals surface area contributed by atoms with Gasteiger partial charge in [-0.05, 0) is 97.9 Å². The molecule has 2 saturated carbocycles. The zero-order valence-corrected chi connectivity index (χ0v) is 26.9. The van der Waals surface area contributed by atoms with E-state index in [0.29, 0.717) is 28.8 Å². The third-order valence-corrected chi connectivity index (χ3v) is 10.3. The maximum absolute atomic E-state index is 13.7. The Labute approximate surface area is 273 Å². The highest BCUT2D eigenvalue weighted by molar-refractivity contribution is 6.04. The first-order chi connectivity index (χ1) is 22.8. The second kappa shape index (κ2) is 11.3. The summed E-state index contributed by atoms with van der Waals surface area (Å²) in [7, 11) is 3.67. The second-order valence-corrected chi connectivity index (χ2v) is 13.2. The van der Waals surface area contributed by atoms with E-state index in [-0.39, 0.29) is 23.9 Å². The van der Waals surface area contributed by atoms with Gasteiger partial charge in [-0.2, -0.15) is 0 Å². The molecule has 2 amide bonds. The summed E-state index contributed by atoms with van der Waals surface area (Å²) in [5, 5.41) is 3.95. The lowest BCUT2D eigenvalue weighted by Crippen LogP contribution is -2.41. The van der Waals surface area contributed by atoms with Gasteiger partial charge in [-0.15, -0.1) is 0 Å². The van der Waals surface area contributed by atoms with Crippen LogP contribution < -0.4 is 15.8 Å². The standard InChI is InChI=1S/C38H38N6O3/c1-4-5-34(45)40-28-13-10-23(11-14-28)24-8-9-25-18-32(43(31(25)17-24)20-22-6-7-22)37-41-29-16-27(19-33(47-3)36(29)42(37)2)38(46)44-21-26-12-15-30(44)35(26)39/h8-11,13-14,16-19,22,26,30,35H,6-7,12,15,20-21,39H2,1-3H3,(H,40,45)/t26?,30?,35-/m1/s1. The minimum absolute atomic E-state index is 0.000442. The fraction of sp³-hybridized carbons (Fsp3) is 0.342. The average Bonchev–Trinajstić information content (AvgIpc) is 3.48. The van der Waals surface area contributed by atoms with E-state index >= 15 is 0 Å². The molecule has 9 nitrogen and oxygen atoms in total. The minimum atomic E-state index is -0.322. The van der Waals surface area contributed by atoms with Crippen LogP contribution in [0.5, 0.6) is 5.75 Å². The Morgan fingerprint density at radius 3 is 2.49 bits per heavy atom. The first-order valence-electron chi connectivity index (χ1n) is 16.4. The topological polar surface area (TPSA) is 107 Å². The smallest absolute Gasteiger partial charge is 0.300 e. The number of imidazole rings is 1. The van der Waals surface area contributed by atoms with E-state index in [1.807, 2.05) is 48.3 Å². The summed E-state index contributed by atoms with van der Waals surface area (Å²) in [5.74, 6) is 7.30. The number of aryl methyl sites for hydroxylation is 1. The van der Waals surface area contributed by atoms with Crippen molar-refractivity contribution in [1.82, 2.24) is 19.0 Å². The van der Waals surface area contributed by atoms with E-state index < -0.39 is 0 Å². The number of benzene rings is 3. The maximum Gasteiger partial charge on any atom is 0.300 e. The molecule has 2 aliphatic carbocycles. The quantitative estimate of drug-likeness (QED) is 0.222. The van der Waals surface area contributed by atoms with Gasteiger partial charge >= 0.3 is 0 Å². The number of nitrogens with one attached hydrogen (secondary N) is 1. The molecule has 3 fully saturated rings. The zero-order valence-electron chi connectivity index (χ0n) is 26.9. The van der Waals surface area contributed by atoms with Crippen LogP contribution in [0.1, 0.15) is 43.0 Å². The minimum Gasteiger partial charge on any atom is -0.494 e. The molecule has 2 unspecified atom stereocenters. The number of methoxy groups -OCH3 is 1. The van der Waals surface area contributed by atoms with Crippen molar-refractivity contribution >= 4 is 39.4 Å². The van der Waals surface area contributed by atoms with Crippen LogP contribution in [0.2, 0.25) is 0 Å². The Hall–Kier alpha value is -5.07. The van der Waals surface area contributed by atoms with Crippen LogP contribution in [-0.4, -0.2) is 56.6 Å². The summed E-state index contributed by atoms with van der Waals surface area (Å²) >= 11 is 0. The summed E-state index contributed by atoms with van der Waals surface area (Å²) in [6, 6.07) is 20.5. The molecule has 1 saturated heterocycles. The number of nitrogens with zero attached hydrogens (tertiary/aromatic N) is 4. The highest BCUT2D eigenvalue weighted by atomic mass is 16.5. The first-order valence-corrected chi connectivity index (χ1v) is 16.4. The third-order valence-electron chi connectivity index (χ3n) is 10.3. The number of amides is 2. The number of carbonyl (C=O) groups excluding carboxylic acids is 2. The van der Waals surface area contributed by atoms with Gasteiger partial charge in [-0.1, -0.05) is 30.2 Å². The van der Waals surface area contributed by atoms with Crippen molar-refractivity contribution in [3.8, 4) is 40.2 Å². The van der Waals surface area contributed by atoms with Crippen LogP contribution in [0.25, 0.3) is 44.6 Å². The Balaban J connectivity index is 1.18. The van der Waals surface area contributed by atoms with E-state index in [1.54, 1.807) is 14.0 Å². The molecule has 3 heterocycles. The number of hydrogen-bond donors (Lipinski definition) is 2. The molecule has 3 N–H and O–H groups in total. The molecule has 47 heavy (non-hydrogen) atoms. The SMILES string of the molecule is CC#CC(=O)Nc1ccc(-c2ccc3cc(-c4nc5cc(C(=O)N6CC7CCC6[C@@H]7N)cc(OC)c5n4C)n(CC4CC4)c3c2)cc1. The van der Waals surface area contributed by atoms with Gasteiger partial charge in [0.05, 0.1) is 18.3 Å². The van der Waals surface area contributed by atoms with Gasteiger partial charge < -0.3 is 29.8 Å². The van der Waals surface area contributed by atoms with Crippen LogP contribution in [-0.2, 0) is 18.4 Å². The van der Waals surface area contributed by atoms with Crippen molar-refractivity contribution in [2.45, 2.75) is 51.2 Å². The van der Waals surface area contributed by atoms with Gasteiger partial charge in [0, 0.05) is 54.4 Å². The number of likely N-dealkylation sites (tertiary alicyclic amines) is 1. The van der Waals surface area contributed by atoms with Crippen LogP contribution in [0.3, 0.4) is 0 Å². The highest BCUT2D eigenvalue weighted by Gasteiger charge is 2.47. The number of ether oxygens (including phenoxy) is 1. The average molecular weight is 627 g/mol. The normalized spacial score (nSPS) is 20.1. The molecule has 1 aliphatic heterocycles. The molecule has 3 aromatic carbocycles. The van der Waals surface area contributed by atoms with Gasteiger partial charge in [-0.3, -0.25) is 9.59 Å². The summed E-state index contributed by atoms with van der Waals surface area (Å²) in [4.78, 5) is 32.8. The molecule has 2 bridgehead atoms. The van der Waals surface area contributed by atoms with Crippen molar-refractivity contribution in [2.75, 3.05) is 19.0 Å². The number of fused-ring (bicyclic) bond motifs is 4. The lowest BCUT2D eigenvalue weighted by Gasteiger charge is -2.27. The summed E-state index contributed by atoms with van der Waals surface area (Å²) in [5.41, 5.74) is 13.7. The predicted octanol–water partition coefficient (Wildman–Crippen LogP) is 5.80. The van der Waals surface area contributed by atoms with Crippen LogP contribution in [0.15, 0.2) is 60.7 Å². The number of aromatic nitrogens is 3. The zero-order chi connectivity index (χ0) is 32.4. The number of rotatable bonds is 7. The van der Waals surface area contributed by atoms with Crippen molar-refractivity contribution < 1.29 is 14.3 Å². The number of carbonyl (C=O) groups is 2. The maximum atomic E-state index is 13.7. The summed E-state index contributed by atoms with van der Waals surface area (Å²) in [6.07, 6.45) is 4.51. The summed E-state index contributed by atoms with van der Waals surface area (Å²) < 4.78 is 10.4. The van der Waals surface area contributed by atoms with E-state index in [0.717, 1.165) is 70.5 Å². The fourth-order valence-corrected chi connectivity index (χ4v) is 7.66. The van der Waals surface area contributed by atoms with Crippen LogP contribution >= 0.6 is 0 Å². The summed E-state index contributed by atoms with van der Waals surface area (Å²) in [6.45, 7) is 3.27. The molecule has 0 radical (unpaired) electrons. The van der Waals surface area contributed by atoms with E-state index in [4.69, 9.17) is 15.5 Å². The molecule has 0 spiro atoms. The number of piperidine rings is 1. The molecule has 2 aromatic heterocycles. The van der Waals surface area contributed by atoms with Crippen molar-refractivity contribution in [2.24, 2.45) is 24.6 Å². The third kappa shape index (κ3) is 5.04. The Bertz CT molecular complexity index is 2130.